The van der Waals surface area contributed by atoms with E-state index in [4.69, 9.17) is 5.73 Å². The lowest BCUT2D eigenvalue weighted by Gasteiger charge is -2.32. The molecule has 0 spiro atoms. The van der Waals surface area contributed by atoms with E-state index in [9.17, 15) is 9.59 Å². The highest BCUT2D eigenvalue weighted by atomic mass is 35.5. The van der Waals surface area contributed by atoms with Crippen molar-refractivity contribution in [3.63, 3.8) is 0 Å². The van der Waals surface area contributed by atoms with Gasteiger partial charge in [0, 0.05) is 25.6 Å². The van der Waals surface area contributed by atoms with E-state index in [-0.39, 0.29) is 36.2 Å². The Morgan fingerprint density at radius 2 is 1.85 bits per heavy atom. The lowest BCUT2D eigenvalue weighted by Crippen LogP contribution is -2.48. The van der Waals surface area contributed by atoms with Gasteiger partial charge in [-0.1, -0.05) is 20.3 Å². The molecule has 0 aromatic heterocycles. The van der Waals surface area contributed by atoms with Crippen LogP contribution < -0.4 is 11.1 Å². The molecule has 2 amide bonds. The molecule has 20 heavy (non-hydrogen) atoms. The van der Waals surface area contributed by atoms with Crippen LogP contribution in [0.5, 0.6) is 0 Å². The number of nitrogens with zero attached hydrogens (tertiary/aromatic N) is 1. The number of rotatable bonds is 6. The van der Waals surface area contributed by atoms with Gasteiger partial charge in [-0.15, -0.1) is 12.4 Å². The number of hydrogen-bond acceptors (Lipinski definition) is 3. The number of halogens is 1. The topological polar surface area (TPSA) is 75.4 Å². The van der Waals surface area contributed by atoms with Crippen LogP contribution in [-0.4, -0.2) is 42.4 Å². The molecule has 1 aliphatic heterocycles. The molecule has 6 heteroatoms. The summed E-state index contributed by atoms with van der Waals surface area (Å²) in [6.07, 6.45) is 4.10. The minimum absolute atomic E-state index is 0. The smallest absolute Gasteiger partial charge is 0.239 e. The zero-order chi connectivity index (χ0) is 14.3. The van der Waals surface area contributed by atoms with Crippen molar-refractivity contribution in [1.29, 1.82) is 0 Å². The molecule has 1 heterocycles. The summed E-state index contributed by atoms with van der Waals surface area (Å²) in [5, 5.41) is 2.92. The van der Waals surface area contributed by atoms with Crippen molar-refractivity contribution < 1.29 is 9.59 Å². The van der Waals surface area contributed by atoms with Gasteiger partial charge in [0.15, 0.2) is 0 Å². The molecule has 1 rings (SSSR count). The van der Waals surface area contributed by atoms with Crippen LogP contribution in [0, 0.1) is 5.92 Å². The van der Waals surface area contributed by atoms with E-state index in [1.807, 2.05) is 18.7 Å². The standard InChI is InChI=1S/C14H27N3O2.ClH/c1-3-5-12(15)14(19)17-9-6-11(7-10-17)13(18)16-8-4-2;/h11-12H,3-10,15H2,1-2H3,(H,16,18);1H. The van der Waals surface area contributed by atoms with E-state index in [0.717, 1.165) is 38.6 Å². The highest BCUT2D eigenvalue weighted by Gasteiger charge is 2.28. The van der Waals surface area contributed by atoms with E-state index in [0.29, 0.717) is 13.1 Å². The zero-order valence-corrected chi connectivity index (χ0v) is 13.4. The molecule has 0 aromatic rings. The molecule has 1 atom stereocenters. The largest absolute Gasteiger partial charge is 0.356 e. The van der Waals surface area contributed by atoms with E-state index >= 15 is 0 Å². The van der Waals surface area contributed by atoms with Crippen molar-refractivity contribution in [3.05, 3.63) is 0 Å². The summed E-state index contributed by atoms with van der Waals surface area (Å²) in [5.41, 5.74) is 5.85. The fourth-order valence-electron chi connectivity index (χ4n) is 2.42. The molecular formula is C14H28ClN3O2. The predicted octanol–water partition coefficient (Wildman–Crippen LogP) is 1.30. The summed E-state index contributed by atoms with van der Waals surface area (Å²) < 4.78 is 0. The number of amides is 2. The molecule has 5 nitrogen and oxygen atoms in total. The van der Waals surface area contributed by atoms with Crippen LogP contribution in [0.4, 0.5) is 0 Å². The summed E-state index contributed by atoms with van der Waals surface area (Å²) in [4.78, 5) is 25.7. The molecule has 1 aliphatic rings. The lowest BCUT2D eigenvalue weighted by molar-refractivity contribution is -0.136. The van der Waals surface area contributed by atoms with Gasteiger partial charge in [-0.2, -0.15) is 0 Å². The van der Waals surface area contributed by atoms with Gasteiger partial charge < -0.3 is 16.0 Å². The maximum Gasteiger partial charge on any atom is 0.239 e. The molecule has 0 bridgehead atoms. The Balaban J connectivity index is 0.00000361. The van der Waals surface area contributed by atoms with Gasteiger partial charge >= 0.3 is 0 Å². The summed E-state index contributed by atoms with van der Waals surface area (Å²) in [5.74, 6) is 0.221. The Bertz CT molecular complexity index is 305. The fourth-order valence-corrected chi connectivity index (χ4v) is 2.42. The Morgan fingerprint density at radius 3 is 2.35 bits per heavy atom. The first kappa shape index (κ1) is 19.2. The van der Waals surface area contributed by atoms with Gasteiger partial charge in [0.25, 0.3) is 0 Å². The average molecular weight is 306 g/mol. The summed E-state index contributed by atoms with van der Waals surface area (Å²) in [7, 11) is 0. The van der Waals surface area contributed by atoms with Crippen molar-refractivity contribution in [2.45, 2.75) is 52.0 Å². The van der Waals surface area contributed by atoms with Crippen LogP contribution in [0.1, 0.15) is 46.0 Å². The molecule has 1 saturated heterocycles. The summed E-state index contributed by atoms with van der Waals surface area (Å²) >= 11 is 0. The molecule has 118 valence electrons. The van der Waals surface area contributed by atoms with Crippen molar-refractivity contribution >= 4 is 24.2 Å². The Labute approximate surface area is 128 Å². The van der Waals surface area contributed by atoms with Crippen LogP contribution in [0.2, 0.25) is 0 Å². The normalized spacial score (nSPS) is 17.2. The monoisotopic (exact) mass is 305 g/mol. The average Bonchev–Trinajstić information content (AvgIpc) is 2.44. The predicted molar refractivity (Wildman–Crippen MR) is 82.7 cm³/mol. The van der Waals surface area contributed by atoms with Crippen molar-refractivity contribution in [2.75, 3.05) is 19.6 Å². The van der Waals surface area contributed by atoms with Gasteiger partial charge in [0.2, 0.25) is 11.8 Å². The Kier molecular flexibility index (Phi) is 9.59. The van der Waals surface area contributed by atoms with Crippen LogP contribution in [0.3, 0.4) is 0 Å². The van der Waals surface area contributed by atoms with Crippen molar-refractivity contribution in [2.24, 2.45) is 11.7 Å². The lowest BCUT2D eigenvalue weighted by atomic mass is 9.95. The van der Waals surface area contributed by atoms with Gasteiger partial charge in [-0.25, -0.2) is 0 Å². The number of piperidine rings is 1. The SMILES string of the molecule is CCCNC(=O)C1CCN(C(=O)C(N)CCC)CC1.Cl. The third-order valence-electron chi connectivity index (χ3n) is 3.64. The van der Waals surface area contributed by atoms with Crippen molar-refractivity contribution in [1.82, 2.24) is 10.2 Å². The summed E-state index contributed by atoms with van der Waals surface area (Å²) in [6.45, 7) is 6.11. The van der Waals surface area contributed by atoms with Gasteiger partial charge in [-0.3, -0.25) is 9.59 Å². The molecule has 0 aromatic carbocycles. The van der Waals surface area contributed by atoms with E-state index in [2.05, 4.69) is 5.32 Å². The van der Waals surface area contributed by atoms with Crippen LogP contribution in [0.15, 0.2) is 0 Å². The maximum atomic E-state index is 12.0. The molecule has 0 aliphatic carbocycles. The van der Waals surface area contributed by atoms with E-state index in [1.54, 1.807) is 0 Å². The highest BCUT2D eigenvalue weighted by Crippen LogP contribution is 2.18. The first-order valence-corrected chi connectivity index (χ1v) is 7.42. The van der Waals surface area contributed by atoms with Crippen LogP contribution >= 0.6 is 12.4 Å². The second-order valence-corrected chi connectivity index (χ2v) is 5.29. The molecule has 1 unspecified atom stereocenters. The van der Waals surface area contributed by atoms with Gasteiger partial charge in [0.05, 0.1) is 6.04 Å². The third kappa shape index (κ3) is 5.67. The molecule has 0 radical (unpaired) electrons. The zero-order valence-electron chi connectivity index (χ0n) is 12.6. The number of carbonyl (C=O) groups is 2. The van der Waals surface area contributed by atoms with Crippen LogP contribution in [0.25, 0.3) is 0 Å². The second kappa shape index (κ2) is 10.00. The quantitative estimate of drug-likeness (QED) is 0.776. The first-order chi connectivity index (χ1) is 9.10. The molecular weight excluding hydrogens is 278 g/mol. The van der Waals surface area contributed by atoms with E-state index < -0.39 is 0 Å². The number of nitrogens with two attached hydrogens (primary N) is 1. The minimum atomic E-state index is -0.379. The fraction of sp³-hybridized carbons (Fsp3) is 0.857. The maximum absolute atomic E-state index is 12.0. The first-order valence-electron chi connectivity index (χ1n) is 7.42. The van der Waals surface area contributed by atoms with Gasteiger partial charge in [0.1, 0.15) is 0 Å². The third-order valence-corrected chi connectivity index (χ3v) is 3.64. The molecule has 3 N–H and O–H groups in total. The molecule has 0 saturated carbocycles. The van der Waals surface area contributed by atoms with Gasteiger partial charge in [-0.05, 0) is 25.7 Å². The Hall–Kier alpha value is -0.810. The number of hydrogen-bond donors (Lipinski definition) is 2. The van der Waals surface area contributed by atoms with Crippen molar-refractivity contribution in [3.8, 4) is 0 Å². The minimum Gasteiger partial charge on any atom is -0.356 e. The number of carbonyl (C=O) groups excluding carboxylic acids is 2. The highest BCUT2D eigenvalue weighted by molar-refractivity contribution is 5.85. The number of nitrogens with one attached hydrogen (secondary N) is 1. The van der Waals surface area contributed by atoms with E-state index in [1.165, 1.54) is 0 Å². The molecule has 1 fully saturated rings. The second-order valence-electron chi connectivity index (χ2n) is 5.29. The Morgan fingerprint density at radius 1 is 1.25 bits per heavy atom. The summed E-state index contributed by atoms with van der Waals surface area (Å²) in [6, 6.07) is -0.379. The van der Waals surface area contributed by atoms with Crippen LogP contribution in [-0.2, 0) is 9.59 Å². The number of likely N-dealkylation sites (tertiary alicyclic amines) is 1.